The summed E-state index contributed by atoms with van der Waals surface area (Å²) in [7, 11) is 0. The predicted molar refractivity (Wildman–Crippen MR) is 51.9 cm³/mol. The second-order valence-electron chi connectivity index (χ2n) is 4.75. The van der Waals surface area contributed by atoms with Crippen molar-refractivity contribution in [1.82, 2.24) is 0 Å². The number of allylic oxidation sites excluding steroid dienone is 1. The standard InChI is InChI=1S/C10H16S/c1-10(2,3)9-7-4-5-8(6-7)11-9/h4-5,7-9H,6H2,1-3H3/t7-,8+,9-/m1/s1. The van der Waals surface area contributed by atoms with Gasteiger partial charge in [-0.15, -0.1) is 11.8 Å². The second kappa shape index (κ2) is 2.29. The molecular weight excluding hydrogens is 152 g/mol. The Hall–Kier alpha value is 0.0900. The van der Waals surface area contributed by atoms with Gasteiger partial charge in [0.2, 0.25) is 0 Å². The summed E-state index contributed by atoms with van der Waals surface area (Å²) < 4.78 is 0. The number of thioether (sulfide) groups is 1. The molecule has 62 valence electrons. The minimum atomic E-state index is 0.495. The lowest BCUT2D eigenvalue weighted by atomic mass is 9.84. The van der Waals surface area contributed by atoms with Gasteiger partial charge >= 0.3 is 0 Å². The number of fused-ring (bicyclic) bond motifs is 2. The molecule has 0 amide bonds. The summed E-state index contributed by atoms with van der Waals surface area (Å²) in [5.74, 6) is 0.880. The molecule has 0 N–H and O–H groups in total. The van der Waals surface area contributed by atoms with Crippen molar-refractivity contribution < 1.29 is 0 Å². The van der Waals surface area contributed by atoms with Crippen molar-refractivity contribution >= 4 is 11.8 Å². The van der Waals surface area contributed by atoms with Crippen LogP contribution in [0, 0.1) is 11.3 Å². The largest absolute Gasteiger partial charge is 0.150 e. The quantitative estimate of drug-likeness (QED) is 0.501. The Morgan fingerprint density at radius 2 is 2.00 bits per heavy atom. The second-order valence-corrected chi connectivity index (χ2v) is 6.13. The van der Waals surface area contributed by atoms with E-state index in [0.717, 1.165) is 16.4 Å². The summed E-state index contributed by atoms with van der Waals surface area (Å²) in [6.45, 7) is 7.08. The molecule has 0 aromatic heterocycles. The highest BCUT2D eigenvalue weighted by atomic mass is 32.2. The predicted octanol–water partition coefficient (Wildman–Crippen LogP) is 3.09. The van der Waals surface area contributed by atoms with Gasteiger partial charge in [0.25, 0.3) is 0 Å². The van der Waals surface area contributed by atoms with Crippen molar-refractivity contribution in [3.63, 3.8) is 0 Å². The van der Waals surface area contributed by atoms with E-state index in [1.54, 1.807) is 0 Å². The molecule has 1 heteroatoms. The topological polar surface area (TPSA) is 0 Å². The molecule has 1 aliphatic heterocycles. The summed E-state index contributed by atoms with van der Waals surface area (Å²) in [5, 5.41) is 1.72. The van der Waals surface area contributed by atoms with Crippen LogP contribution in [0.15, 0.2) is 12.2 Å². The van der Waals surface area contributed by atoms with E-state index >= 15 is 0 Å². The van der Waals surface area contributed by atoms with Gasteiger partial charge in [-0.05, 0) is 17.8 Å². The molecule has 0 unspecified atom stereocenters. The van der Waals surface area contributed by atoms with Crippen molar-refractivity contribution in [1.29, 1.82) is 0 Å². The van der Waals surface area contributed by atoms with Crippen LogP contribution >= 0.6 is 11.8 Å². The van der Waals surface area contributed by atoms with Gasteiger partial charge in [0.05, 0.1) is 0 Å². The summed E-state index contributed by atoms with van der Waals surface area (Å²) in [4.78, 5) is 0. The fraction of sp³-hybridized carbons (Fsp3) is 0.800. The minimum Gasteiger partial charge on any atom is -0.150 e. The molecule has 1 fully saturated rings. The molecular formula is C10H16S. The zero-order chi connectivity index (χ0) is 8.06. The molecule has 0 spiro atoms. The van der Waals surface area contributed by atoms with Crippen molar-refractivity contribution in [2.75, 3.05) is 0 Å². The Labute approximate surface area is 73.4 Å². The van der Waals surface area contributed by atoms with E-state index in [1.165, 1.54) is 6.42 Å². The van der Waals surface area contributed by atoms with E-state index in [9.17, 15) is 0 Å². The van der Waals surface area contributed by atoms with E-state index < -0.39 is 0 Å². The van der Waals surface area contributed by atoms with Crippen molar-refractivity contribution in [2.24, 2.45) is 11.3 Å². The molecule has 0 aromatic rings. The van der Waals surface area contributed by atoms with E-state index in [0.29, 0.717) is 5.41 Å². The zero-order valence-electron chi connectivity index (χ0n) is 7.50. The summed E-state index contributed by atoms with van der Waals surface area (Å²) in [5.41, 5.74) is 0.495. The molecule has 1 aliphatic carbocycles. The van der Waals surface area contributed by atoms with E-state index in [1.807, 2.05) is 0 Å². The first-order valence-electron chi connectivity index (χ1n) is 4.41. The maximum atomic E-state index is 2.43. The average Bonchev–Trinajstić information content (AvgIpc) is 2.42. The van der Waals surface area contributed by atoms with E-state index in [4.69, 9.17) is 0 Å². The van der Waals surface area contributed by atoms with Gasteiger partial charge in [-0.3, -0.25) is 0 Å². The molecule has 2 bridgehead atoms. The van der Waals surface area contributed by atoms with Gasteiger partial charge < -0.3 is 0 Å². The Morgan fingerprint density at radius 1 is 1.27 bits per heavy atom. The minimum absolute atomic E-state index is 0.495. The summed E-state index contributed by atoms with van der Waals surface area (Å²) in [6.07, 6.45) is 6.22. The Kier molecular flexibility index (Phi) is 1.61. The molecule has 11 heavy (non-hydrogen) atoms. The molecule has 0 saturated carbocycles. The lowest BCUT2D eigenvalue weighted by molar-refractivity contribution is 0.350. The van der Waals surface area contributed by atoms with Crippen LogP contribution in [0.25, 0.3) is 0 Å². The first-order chi connectivity index (χ1) is 5.07. The van der Waals surface area contributed by atoms with Crippen LogP contribution in [0.4, 0.5) is 0 Å². The summed E-state index contributed by atoms with van der Waals surface area (Å²) >= 11 is 2.18. The smallest absolute Gasteiger partial charge is 0.0236 e. The molecule has 0 radical (unpaired) electrons. The monoisotopic (exact) mass is 168 g/mol. The molecule has 1 saturated heterocycles. The Bertz CT molecular complexity index is 188. The van der Waals surface area contributed by atoms with Crippen LogP contribution in [-0.4, -0.2) is 10.5 Å². The molecule has 2 aliphatic rings. The van der Waals surface area contributed by atoms with Crippen LogP contribution in [0.3, 0.4) is 0 Å². The first kappa shape index (κ1) is 7.72. The van der Waals surface area contributed by atoms with Gasteiger partial charge in [-0.25, -0.2) is 0 Å². The molecule has 0 nitrogen and oxygen atoms in total. The first-order valence-corrected chi connectivity index (χ1v) is 5.35. The van der Waals surface area contributed by atoms with Gasteiger partial charge in [-0.1, -0.05) is 32.9 Å². The van der Waals surface area contributed by atoms with Crippen molar-refractivity contribution in [3.05, 3.63) is 12.2 Å². The Balaban J connectivity index is 2.15. The highest BCUT2D eigenvalue weighted by molar-refractivity contribution is 8.01. The fourth-order valence-electron chi connectivity index (χ4n) is 2.15. The average molecular weight is 168 g/mol. The third kappa shape index (κ3) is 1.24. The number of hydrogen-bond acceptors (Lipinski definition) is 1. The highest BCUT2D eigenvalue weighted by Crippen LogP contribution is 2.51. The number of hydrogen-bond donors (Lipinski definition) is 0. The van der Waals surface area contributed by atoms with Crippen molar-refractivity contribution in [2.45, 2.75) is 37.7 Å². The van der Waals surface area contributed by atoms with Gasteiger partial charge in [0.15, 0.2) is 0 Å². The lowest BCUT2D eigenvalue weighted by Crippen LogP contribution is -2.26. The van der Waals surface area contributed by atoms with Crippen LogP contribution in [0.2, 0.25) is 0 Å². The van der Waals surface area contributed by atoms with E-state index in [2.05, 4.69) is 44.7 Å². The highest BCUT2D eigenvalue weighted by Gasteiger charge is 2.42. The van der Waals surface area contributed by atoms with E-state index in [-0.39, 0.29) is 0 Å². The molecule has 3 atom stereocenters. The molecule has 2 rings (SSSR count). The fourth-order valence-corrected chi connectivity index (χ4v) is 3.86. The number of rotatable bonds is 0. The maximum Gasteiger partial charge on any atom is 0.0236 e. The Morgan fingerprint density at radius 3 is 2.27 bits per heavy atom. The van der Waals surface area contributed by atoms with Crippen molar-refractivity contribution in [3.8, 4) is 0 Å². The summed E-state index contributed by atoms with van der Waals surface area (Å²) in [6, 6.07) is 0. The maximum absolute atomic E-state index is 2.43. The normalized spacial score (nSPS) is 41.9. The molecule has 0 aromatic carbocycles. The molecule has 1 heterocycles. The van der Waals surface area contributed by atoms with Crippen LogP contribution < -0.4 is 0 Å². The van der Waals surface area contributed by atoms with Gasteiger partial charge in [0.1, 0.15) is 0 Å². The third-order valence-electron chi connectivity index (χ3n) is 2.64. The third-order valence-corrected chi connectivity index (χ3v) is 4.69. The van der Waals surface area contributed by atoms with Crippen LogP contribution in [-0.2, 0) is 0 Å². The van der Waals surface area contributed by atoms with Crippen LogP contribution in [0.1, 0.15) is 27.2 Å². The van der Waals surface area contributed by atoms with Crippen LogP contribution in [0.5, 0.6) is 0 Å². The van der Waals surface area contributed by atoms with Gasteiger partial charge in [-0.2, -0.15) is 0 Å². The van der Waals surface area contributed by atoms with Gasteiger partial charge in [0, 0.05) is 10.5 Å². The zero-order valence-corrected chi connectivity index (χ0v) is 8.32. The lowest BCUT2D eigenvalue weighted by Gasteiger charge is -2.31. The SMILES string of the molecule is CC(C)(C)[C@@H]1S[C@H]2C=C[C@@H]1C2.